The van der Waals surface area contributed by atoms with Gasteiger partial charge in [-0.15, -0.1) is 0 Å². The summed E-state index contributed by atoms with van der Waals surface area (Å²) in [6, 6.07) is 3.70. The van der Waals surface area contributed by atoms with Gasteiger partial charge in [-0.2, -0.15) is 0 Å². The van der Waals surface area contributed by atoms with Crippen LogP contribution in [-0.2, 0) is 0 Å². The molecule has 30 heavy (non-hydrogen) atoms. The lowest BCUT2D eigenvalue weighted by Crippen LogP contribution is -2.48. The van der Waals surface area contributed by atoms with Crippen LogP contribution in [0.3, 0.4) is 0 Å². The quantitative estimate of drug-likeness (QED) is 0.690. The van der Waals surface area contributed by atoms with E-state index in [0.717, 1.165) is 55.0 Å². The molecule has 1 aliphatic carbocycles. The first-order chi connectivity index (χ1) is 14.6. The van der Waals surface area contributed by atoms with Gasteiger partial charge in [-0.1, -0.05) is 5.16 Å². The van der Waals surface area contributed by atoms with Gasteiger partial charge in [0.25, 0.3) is 5.91 Å². The first kappa shape index (κ1) is 18.8. The molecule has 8 heteroatoms. The zero-order valence-corrected chi connectivity index (χ0v) is 17.2. The highest BCUT2D eigenvalue weighted by Gasteiger charge is 2.33. The predicted molar refractivity (Wildman–Crippen MR) is 110 cm³/mol. The maximum absolute atomic E-state index is 12.9. The Morgan fingerprint density at radius 1 is 1.27 bits per heavy atom. The van der Waals surface area contributed by atoms with E-state index >= 15 is 0 Å². The third-order valence-corrected chi connectivity index (χ3v) is 5.79. The van der Waals surface area contributed by atoms with E-state index in [1.807, 2.05) is 19.9 Å². The smallest absolute Gasteiger partial charge is 0.255 e. The Bertz CT molecular complexity index is 1050. The number of amides is 1. The van der Waals surface area contributed by atoms with E-state index in [1.165, 1.54) is 0 Å². The molecule has 1 N–H and O–H groups in total. The lowest BCUT2D eigenvalue weighted by Gasteiger charge is -2.33. The van der Waals surface area contributed by atoms with Crippen molar-refractivity contribution >= 4 is 11.9 Å². The molecule has 0 spiro atoms. The number of carbonyl (C=O) groups excluding carboxylic acids is 1. The van der Waals surface area contributed by atoms with Gasteiger partial charge in [0, 0.05) is 37.3 Å². The molecule has 4 heterocycles. The fourth-order valence-electron chi connectivity index (χ4n) is 4.10. The van der Waals surface area contributed by atoms with Crippen molar-refractivity contribution in [3.8, 4) is 11.3 Å². The molecule has 5 rings (SSSR count). The highest BCUT2D eigenvalue weighted by molar-refractivity contribution is 5.95. The van der Waals surface area contributed by atoms with Crippen LogP contribution in [0.4, 0.5) is 5.95 Å². The maximum atomic E-state index is 12.9. The van der Waals surface area contributed by atoms with Crippen molar-refractivity contribution in [2.45, 2.75) is 51.5 Å². The summed E-state index contributed by atoms with van der Waals surface area (Å²) < 4.78 is 11.0. The first-order valence-electron chi connectivity index (χ1n) is 10.5. The van der Waals surface area contributed by atoms with E-state index in [0.29, 0.717) is 29.7 Å². The summed E-state index contributed by atoms with van der Waals surface area (Å²) in [5.74, 6) is 3.33. The molecule has 3 aromatic rings. The fraction of sp³-hybridized carbons (Fsp3) is 0.455. The minimum Gasteiger partial charge on any atom is -0.465 e. The van der Waals surface area contributed by atoms with Gasteiger partial charge in [0.15, 0.2) is 5.76 Å². The topological polar surface area (TPSA) is 97.3 Å². The summed E-state index contributed by atoms with van der Waals surface area (Å²) in [4.78, 5) is 24.3. The third kappa shape index (κ3) is 3.69. The molecule has 1 saturated heterocycles. The zero-order valence-electron chi connectivity index (χ0n) is 17.2. The second-order valence-corrected chi connectivity index (χ2v) is 8.21. The van der Waals surface area contributed by atoms with Crippen LogP contribution in [0.15, 0.2) is 33.5 Å². The monoisotopic (exact) mass is 407 g/mol. The van der Waals surface area contributed by atoms with Crippen LogP contribution in [0.5, 0.6) is 0 Å². The number of aryl methyl sites for hydroxylation is 2. The highest BCUT2D eigenvalue weighted by atomic mass is 16.5. The van der Waals surface area contributed by atoms with E-state index in [-0.39, 0.29) is 11.9 Å². The maximum Gasteiger partial charge on any atom is 0.255 e. The third-order valence-electron chi connectivity index (χ3n) is 5.79. The van der Waals surface area contributed by atoms with Gasteiger partial charge in [-0.25, -0.2) is 9.97 Å². The van der Waals surface area contributed by atoms with Crippen molar-refractivity contribution in [2.24, 2.45) is 0 Å². The van der Waals surface area contributed by atoms with Crippen molar-refractivity contribution in [1.29, 1.82) is 0 Å². The Morgan fingerprint density at radius 3 is 2.87 bits per heavy atom. The van der Waals surface area contributed by atoms with Crippen molar-refractivity contribution in [3.05, 3.63) is 47.3 Å². The number of carbonyl (C=O) groups is 1. The number of rotatable bonds is 5. The van der Waals surface area contributed by atoms with Crippen LogP contribution in [0.25, 0.3) is 11.3 Å². The van der Waals surface area contributed by atoms with Crippen LogP contribution in [0.1, 0.15) is 59.2 Å². The van der Waals surface area contributed by atoms with Gasteiger partial charge in [-0.05, 0) is 45.6 Å². The van der Waals surface area contributed by atoms with E-state index in [2.05, 4.69) is 25.3 Å². The lowest BCUT2D eigenvalue weighted by molar-refractivity contribution is 0.0931. The van der Waals surface area contributed by atoms with E-state index in [4.69, 9.17) is 8.94 Å². The van der Waals surface area contributed by atoms with Gasteiger partial charge >= 0.3 is 0 Å². The molecule has 0 aromatic carbocycles. The van der Waals surface area contributed by atoms with Gasteiger partial charge in [0.05, 0.1) is 23.0 Å². The number of nitrogens with one attached hydrogen (secondary N) is 1. The fourth-order valence-corrected chi connectivity index (χ4v) is 4.10. The predicted octanol–water partition coefficient (Wildman–Crippen LogP) is 3.62. The van der Waals surface area contributed by atoms with E-state index in [1.54, 1.807) is 18.5 Å². The second-order valence-electron chi connectivity index (χ2n) is 8.21. The molecule has 1 amide bonds. The molecule has 0 unspecified atom stereocenters. The first-order valence-corrected chi connectivity index (χ1v) is 10.5. The van der Waals surface area contributed by atoms with Gasteiger partial charge < -0.3 is 19.2 Å². The second kappa shape index (κ2) is 7.59. The average Bonchev–Trinajstić information content (AvgIpc) is 3.28. The van der Waals surface area contributed by atoms with Crippen LogP contribution in [-0.4, -0.2) is 40.2 Å². The molecule has 156 valence electrons. The summed E-state index contributed by atoms with van der Waals surface area (Å²) in [7, 11) is 0. The Labute approximate surface area is 174 Å². The highest BCUT2D eigenvalue weighted by Crippen LogP contribution is 2.42. The number of aromatic nitrogens is 3. The normalized spacial score (nSPS) is 19.1. The van der Waals surface area contributed by atoms with E-state index < -0.39 is 0 Å². The van der Waals surface area contributed by atoms with Crippen molar-refractivity contribution < 1.29 is 13.7 Å². The summed E-state index contributed by atoms with van der Waals surface area (Å²) in [6.07, 6.45) is 7.49. The largest absolute Gasteiger partial charge is 0.465 e. The minimum absolute atomic E-state index is 0.0432. The lowest BCUT2D eigenvalue weighted by atomic mass is 10.0. The molecular weight excluding hydrogens is 382 g/mol. The Hall–Kier alpha value is -3.16. The van der Waals surface area contributed by atoms with Crippen LogP contribution in [0.2, 0.25) is 0 Å². The number of hydrogen-bond acceptors (Lipinski definition) is 7. The number of piperidine rings is 1. The Morgan fingerprint density at radius 2 is 2.13 bits per heavy atom. The Balaban J connectivity index is 1.28. The molecule has 0 radical (unpaired) electrons. The van der Waals surface area contributed by atoms with E-state index in [9.17, 15) is 4.79 Å². The molecule has 1 saturated carbocycles. The molecular formula is C22H25N5O3. The molecule has 0 bridgehead atoms. The molecule has 3 aromatic heterocycles. The molecule has 8 nitrogen and oxygen atoms in total. The van der Waals surface area contributed by atoms with Crippen molar-refractivity contribution in [3.63, 3.8) is 0 Å². The number of hydrogen-bond donors (Lipinski definition) is 1. The van der Waals surface area contributed by atoms with Gasteiger partial charge in [0.1, 0.15) is 11.5 Å². The van der Waals surface area contributed by atoms with Gasteiger partial charge in [0.2, 0.25) is 5.95 Å². The van der Waals surface area contributed by atoms with Crippen molar-refractivity contribution in [2.75, 3.05) is 18.0 Å². The number of nitrogens with zero attached hydrogens (tertiary/aromatic N) is 4. The zero-order chi connectivity index (χ0) is 20.7. The number of anilines is 1. The summed E-state index contributed by atoms with van der Waals surface area (Å²) in [5.41, 5.74) is 2.36. The van der Waals surface area contributed by atoms with Crippen LogP contribution < -0.4 is 10.2 Å². The Kier molecular flexibility index (Phi) is 4.77. The molecule has 2 fully saturated rings. The summed E-state index contributed by atoms with van der Waals surface area (Å²) in [6.45, 7) is 5.38. The molecule has 2 aliphatic rings. The van der Waals surface area contributed by atoms with Crippen LogP contribution >= 0.6 is 0 Å². The van der Waals surface area contributed by atoms with Crippen molar-refractivity contribution in [1.82, 2.24) is 20.4 Å². The standard InChI is InChI=1S/C22H25N5O3/c1-13-10-17(20(29-13)15-5-6-15)21(28)26-16-4-3-9-27(12-16)22-23-11-18(14(2)25-22)19-7-8-24-30-19/h7-8,10-11,15-16H,3-6,9,12H2,1-2H3,(H,26,28)/t16-/m0/s1. The van der Waals surface area contributed by atoms with Gasteiger partial charge in [-0.3, -0.25) is 4.79 Å². The summed E-state index contributed by atoms with van der Waals surface area (Å²) in [5, 5.41) is 6.95. The number of furan rings is 1. The summed E-state index contributed by atoms with van der Waals surface area (Å²) >= 11 is 0. The molecule has 1 atom stereocenters. The SMILES string of the molecule is Cc1cc(C(=O)N[C@H]2CCCN(c3ncc(-c4ccno4)c(C)n3)C2)c(C2CC2)o1. The average molecular weight is 407 g/mol. The minimum atomic E-state index is -0.0432. The van der Waals surface area contributed by atoms with Crippen LogP contribution in [0, 0.1) is 13.8 Å². The molecule has 1 aliphatic heterocycles.